The maximum atomic E-state index is 12.0. The van der Waals surface area contributed by atoms with Gasteiger partial charge < -0.3 is 4.74 Å². The van der Waals surface area contributed by atoms with Gasteiger partial charge >= 0.3 is 0 Å². The molecule has 0 aliphatic carbocycles. The van der Waals surface area contributed by atoms with Gasteiger partial charge in [0.15, 0.2) is 5.78 Å². The summed E-state index contributed by atoms with van der Waals surface area (Å²) in [6, 6.07) is 9.42. The van der Waals surface area contributed by atoms with Crippen LogP contribution in [0.3, 0.4) is 0 Å². The fourth-order valence-electron chi connectivity index (χ4n) is 1.75. The maximum absolute atomic E-state index is 12.0. The summed E-state index contributed by atoms with van der Waals surface area (Å²) in [6.45, 7) is 2.87. The van der Waals surface area contributed by atoms with E-state index in [0.717, 1.165) is 36.3 Å². The van der Waals surface area contributed by atoms with Crippen molar-refractivity contribution in [2.45, 2.75) is 26.2 Å². The van der Waals surface area contributed by atoms with Crippen molar-refractivity contribution in [1.29, 1.82) is 0 Å². The Hall–Kier alpha value is -1.61. The molecule has 1 aromatic heterocycles. The van der Waals surface area contributed by atoms with E-state index in [2.05, 4.69) is 6.92 Å². The number of carbonyl (C=O) groups is 1. The molecular weight excluding hydrogens is 256 g/mol. The Morgan fingerprint density at radius 3 is 2.63 bits per heavy atom. The van der Waals surface area contributed by atoms with Crippen LogP contribution in [-0.2, 0) is 6.42 Å². The highest BCUT2D eigenvalue weighted by Gasteiger charge is 2.07. The van der Waals surface area contributed by atoms with Crippen LogP contribution in [0.5, 0.6) is 5.75 Å². The molecule has 100 valence electrons. The van der Waals surface area contributed by atoms with Crippen molar-refractivity contribution in [2.24, 2.45) is 0 Å². The van der Waals surface area contributed by atoms with Crippen LogP contribution in [0.4, 0.5) is 0 Å². The topological polar surface area (TPSA) is 26.3 Å². The molecular formula is C16H18O2S. The van der Waals surface area contributed by atoms with Gasteiger partial charge in [0.25, 0.3) is 0 Å². The van der Waals surface area contributed by atoms with Crippen molar-refractivity contribution in [3.05, 3.63) is 52.2 Å². The van der Waals surface area contributed by atoms with Gasteiger partial charge in [0.05, 0.1) is 6.61 Å². The molecule has 1 heterocycles. The second-order valence-corrected chi connectivity index (χ2v) is 5.24. The third-order valence-electron chi connectivity index (χ3n) is 2.89. The van der Waals surface area contributed by atoms with E-state index < -0.39 is 0 Å². The summed E-state index contributed by atoms with van der Waals surface area (Å²) in [7, 11) is 0. The highest BCUT2D eigenvalue weighted by atomic mass is 32.1. The smallest absolute Gasteiger partial charge is 0.167 e. The normalized spacial score (nSPS) is 10.4. The fraction of sp³-hybridized carbons (Fsp3) is 0.312. The average Bonchev–Trinajstić information content (AvgIpc) is 2.93. The molecule has 0 saturated heterocycles. The Balaban J connectivity index is 1.92. The largest absolute Gasteiger partial charge is 0.494 e. The number of hydrogen-bond acceptors (Lipinski definition) is 3. The predicted molar refractivity (Wildman–Crippen MR) is 79.2 cm³/mol. The van der Waals surface area contributed by atoms with Gasteiger partial charge in [-0.15, -0.1) is 0 Å². The highest BCUT2D eigenvalue weighted by molar-refractivity contribution is 7.08. The van der Waals surface area contributed by atoms with E-state index in [0.29, 0.717) is 6.42 Å². The van der Waals surface area contributed by atoms with Crippen LogP contribution in [0.25, 0.3) is 0 Å². The molecule has 2 rings (SSSR count). The molecule has 0 bridgehead atoms. The van der Waals surface area contributed by atoms with Gasteiger partial charge in [-0.1, -0.05) is 13.3 Å². The predicted octanol–water partition coefficient (Wildman–Crippen LogP) is 4.35. The molecule has 0 N–H and O–H groups in total. The first-order chi connectivity index (χ1) is 9.29. The van der Waals surface area contributed by atoms with Gasteiger partial charge in [-0.25, -0.2) is 0 Å². The summed E-state index contributed by atoms with van der Waals surface area (Å²) in [5, 5.41) is 4.01. The van der Waals surface area contributed by atoms with Crippen molar-refractivity contribution in [3.63, 3.8) is 0 Å². The van der Waals surface area contributed by atoms with E-state index in [9.17, 15) is 4.79 Å². The minimum Gasteiger partial charge on any atom is -0.494 e. The number of ketones is 1. The van der Waals surface area contributed by atoms with E-state index in [4.69, 9.17) is 4.74 Å². The molecule has 0 radical (unpaired) electrons. The van der Waals surface area contributed by atoms with Gasteiger partial charge in [0.1, 0.15) is 5.75 Å². The number of carbonyl (C=O) groups excluding carboxylic acids is 1. The Kier molecular flexibility index (Phi) is 5.16. The summed E-state index contributed by atoms with van der Waals surface area (Å²) in [6.07, 6.45) is 2.65. The molecule has 0 saturated carbocycles. The monoisotopic (exact) mass is 274 g/mol. The lowest BCUT2D eigenvalue weighted by Crippen LogP contribution is -2.03. The molecule has 0 spiro atoms. The summed E-state index contributed by atoms with van der Waals surface area (Å²) < 4.78 is 5.58. The summed E-state index contributed by atoms with van der Waals surface area (Å²) in [5.41, 5.74) is 1.83. The molecule has 0 unspecified atom stereocenters. The van der Waals surface area contributed by atoms with Crippen LogP contribution in [-0.4, -0.2) is 12.4 Å². The SMILES string of the molecule is CCCCOc1ccc(C(=O)Cc2ccsc2)cc1. The zero-order valence-electron chi connectivity index (χ0n) is 11.1. The number of ether oxygens (including phenoxy) is 1. The molecule has 3 heteroatoms. The number of hydrogen-bond donors (Lipinski definition) is 0. The van der Waals surface area contributed by atoms with Gasteiger partial charge in [-0.2, -0.15) is 11.3 Å². The van der Waals surface area contributed by atoms with Crippen LogP contribution >= 0.6 is 11.3 Å². The van der Waals surface area contributed by atoms with Gasteiger partial charge in [0, 0.05) is 12.0 Å². The standard InChI is InChI=1S/C16H18O2S/c1-2-3-9-18-15-6-4-14(5-7-15)16(17)11-13-8-10-19-12-13/h4-8,10,12H,2-3,9,11H2,1H3. The van der Waals surface area contributed by atoms with E-state index in [1.54, 1.807) is 11.3 Å². The fourth-order valence-corrected chi connectivity index (χ4v) is 2.42. The van der Waals surface area contributed by atoms with E-state index in [1.165, 1.54) is 0 Å². The molecule has 0 fully saturated rings. The first-order valence-corrected chi connectivity index (χ1v) is 7.51. The van der Waals surface area contributed by atoms with Crippen molar-refractivity contribution in [2.75, 3.05) is 6.61 Å². The Labute approximate surface area is 118 Å². The van der Waals surface area contributed by atoms with Crippen molar-refractivity contribution >= 4 is 17.1 Å². The lowest BCUT2D eigenvalue weighted by molar-refractivity contribution is 0.0993. The highest BCUT2D eigenvalue weighted by Crippen LogP contribution is 2.15. The average molecular weight is 274 g/mol. The number of thiophene rings is 1. The molecule has 0 aliphatic heterocycles. The molecule has 0 amide bonds. The van der Waals surface area contributed by atoms with Gasteiger partial charge in [0.2, 0.25) is 0 Å². The Morgan fingerprint density at radius 2 is 2.00 bits per heavy atom. The van der Waals surface area contributed by atoms with Gasteiger partial charge in [-0.05, 0) is 53.1 Å². The molecule has 0 atom stereocenters. The molecule has 2 nitrogen and oxygen atoms in total. The zero-order chi connectivity index (χ0) is 13.5. The second-order valence-electron chi connectivity index (χ2n) is 4.46. The van der Waals surface area contributed by atoms with E-state index >= 15 is 0 Å². The van der Waals surface area contributed by atoms with Gasteiger partial charge in [-0.3, -0.25) is 4.79 Å². The van der Waals surface area contributed by atoms with Crippen molar-refractivity contribution < 1.29 is 9.53 Å². The van der Waals surface area contributed by atoms with Crippen molar-refractivity contribution in [1.82, 2.24) is 0 Å². The third-order valence-corrected chi connectivity index (χ3v) is 3.62. The van der Waals surface area contributed by atoms with Crippen molar-refractivity contribution in [3.8, 4) is 5.75 Å². The van der Waals surface area contributed by atoms with Crippen LogP contribution in [0.1, 0.15) is 35.7 Å². The molecule has 2 aromatic rings. The number of rotatable bonds is 7. The first-order valence-electron chi connectivity index (χ1n) is 6.56. The van der Waals surface area contributed by atoms with E-state index in [1.807, 2.05) is 41.1 Å². The lowest BCUT2D eigenvalue weighted by atomic mass is 10.1. The van der Waals surface area contributed by atoms with Crippen LogP contribution in [0.15, 0.2) is 41.1 Å². The zero-order valence-corrected chi connectivity index (χ0v) is 11.9. The molecule has 19 heavy (non-hydrogen) atoms. The van der Waals surface area contributed by atoms with Crippen LogP contribution < -0.4 is 4.74 Å². The van der Waals surface area contributed by atoms with Crippen LogP contribution in [0, 0.1) is 0 Å². The van der Waals surface area contributed by atoms with E-state index in [-0.39, 0.29) is 5.78 Å². The minimum absolute atomic E-state index is 0.151. The second kappa shape index (κ2) is 7.10. The molecule has 0 aliphatic rings. The van der Waals surface area contributed by atoms with Crippen LogP contribution in [0.2, 0.25) is 0 Å². The maximum Gasteiger partial charge on any atom is 0.167 e. The molecule has 1 aromatic carbocycles. The minimum atomic E-state index is 0.151. The summed E-state index contributed by atoms with van der Waals surface area (Å²) >= 11 is 1.62. The Morgan fingerprint density at radius 1 is 1.21 bits per heavy atom. The Bertz CT molecular complexity index is 500. The lowest BCUT2D eigenvalue weighted by Gasteiger charge is -2.06. The number of Topliss-reactive ketones (excluding diaryl/α,β-unsaturated/α-hetero) is 1. The number of benzene rings is 1. The summed E-state index contributed by atoms with van der Waals surface area (Å²) in [5.74, 6) is 0.985. The number of unbranched alkanes of at least 4 members (excludes halogenated alkanes) is 1. The first kappa shape index (κ1) is 13.8. The third kappa shape index (κ3) is 4.21. The summed E-state index contributed by atoms with van der Waals surface area (Å²) in [4.78, 5) is 12.0. The quantitative estimate of drug-likeness (QED) is 0.554.